The van der Waals surface area contributed by atoms with Gasteiger partial charge < -0.3 is 14.8 Å². The molecular weight excluding hydrogens is 252 g/mol. The first-order valence-corrected chi connectivity index (χ1v) is 6.31. The lowest BCUT2D eigenvalue weighted by Crippen LogP contribution is -1.95. The lowest BCUT2D eigenvalue weighted by molar-refractivity contribution is 0.306. The van der Waals surface area contributed by atoms with E-state index in [1.165, 1.54) is 0 Å². The molecule has 0 fully saturated rings. The van der Waals surface area contributed by atoms with Gasteiger partial charge in [-0.15, -0.1) is 0 Å². The van der Waals surface area contributed by atoms with Gasteiger partial charge in [-0.2, -0.15) is 0 Å². The second-order valence-corrected chi connectivity index (χ2v) is 4.42. The maximum atomic E-state index is 9.89. The monoisotopic (exact) mass is 266 g/mol. The van der Waals surface area contributed by atoms with E-state index in [2.05, 4.69) is 9.97 Å². The molecule has 0 aliphatic carbocycles. The maximum Gasteiger partial charge on any atom is 0.125 e. The molecular formula is C16H14N2O2. The molecule has 0 saturated carbocycles. The Morgan fingerprint density at radius 3 is 2.70 bits per heavy atom. The summed E-state index contributed by atoms with van der Waals surface area (Å²) in [6.07, 6.45) is 3.24. The summed E-state index contributed by atoms with van der Waals surface area (Å²) in [6.45, 7) is 0.494. The third-order valence-electron chi connectivity index (χ3n) is 3.00. The average molecular weight is 266 g/mol. The summed E-state index contributed by atoms with van der Waals surface area (Å²) in [6, 6.07) is 15.1. The highest BCUT2D eigenvalue weighted by molar-refractivity contribution is 5.67. The van der Waals surface area contributed by atoms with E-state index >= 15 is 0 Å². The van der Waals surface area contributed by atoms with Gasteiger partial charge in [0.2, 0.25) is 0 Å². The zero-order chi connectivity index (χ0) is 13.8. The van der Waals surface area contributed by atoms with Gasteiger partial charge in [0.25, 0.3) is 0 Å². The lowest BCUT2D eigenvalue weighted by atomic mass is 10.1. The molecule has 1 heterocycles. The largest absolute Gasteiger partial charge is 0.507 e. The van der Waals surface area contributed by atoms with Crippen LogP contribution in [0.5, 0.6) is 11.5 Å². The van der Waals surface area contributed by atoms with Gasteiger partial charge in [0.1, 0.15) is 18.1 Å². The van der Waals surface area contributed by atoms with Crippen LogP contribution in [-0.2, 0) is 6.61 Å². The number of aromatic amines is 1. The second-order valence-electron chi connectivity index (χ2n) is 4.42. The van der Waals surface area contributed by atoms with Crippen molar-refractivity contribution >= 4 is 0 Å². The van der Waals surface area contributed by atoms with Crippen LogP contribution in [0.4, 0.5) is 0 Å². The Labute approximate surface area is 116 Å². The molecule has 20 heavy (non-hydrogen) atoms. The van der Waals surface area contributed by atoms with Gasteiger partial charge in [0, 0.05) is 5.56 Å². The molecule has 0 amide bonds. The van der Waals surface area contributed by atoms with Crippen LogP contribution in [-0.4, -0.2) is 15.1 Å². The van der Waals surface area contributed by atoms with Gasteiger partial charge in [-0.1, -0.05) is 30.3 Å². The van der Waals surface area contributed by atoms with E-state index in [1.807, 2.05) is 30.3 Å². The third-order valence-corrected chi connectivity index (χ3v) is 3.00. The average Bonchev–Trinajstić information content (AvgIpc) is 3.01. The number of phenols is 1. The molecule has 4 heteroatoms. The summed E-state index contributed by atoms with van der Waals surface area (Å²) >= 11 is 0. The SMILES string of the molecule is Oc1ccc(OCc2ccccc2)cc1-c1cnc[nH]1. The first-order chi connectivity index (χ1) is 9.83. The molecule has 4 nitrogen and oxygen atoms in total. The first kappa shape index (κ1) is 12.3. The minimum Gasteiger partial charge on any atom is -0.507 e. The minimum absolute atomic E-state index is 0.196. The van der Waals surface area contributed by atoms with E-state index in [1.54, 1.807) is 30.7 Å². The molecule has 0 bridgehead atoms. The van der Waals surface area contributed by atoms with Crippen molar-refractivity contribution in [2.24, 2.45) is 0 Å². The molecule has 2 N–H and O–H groups in total. The number of phenolic OH excluding ortho intramolecular Hbond substituents is 1. The number of imidazole rings is 1. The number of H-pyrrole nitrogens is 1. The Morgan fingerprint density at radius 2 is 1.95 bits per heavy atom. The number of hydrogen-bond acceptors (Lipinski definition) is 3. The molecule has 0 radical (unpaired) electrons. The summed E-state index contributed by atoms with van der Waals surface area (Å²) in [5.41, 5.74) is 2.53. The van der Waals surface area contributed by atoms with Crippen LogP contribution >= 0.6 is 0 Å². The van der Waals surface area contributed by atoms with Gasteiger partial charge in [-0.05, 0) is 23.8 Å². The summed E-state index contributed by atoms with van der Waals surface area (Å²) in [4.78, 5) is 6.92. The molecule has 3 aromatic rings. The molecule has 2 aromatic carbocycles. The predicted octanol–water partition coefficient (Wildman–Crippen LogP) is 3.36. The molecule has 1 aromatic heterocycles. The normalized spacial score (nSPS) is 10.4. The Morgan fingerprint density at radius 1 is 1.10 bits per heavy atom. The van der Waals surface area contributed by atoms with Crippen LogP contribution in [0, 0.1) is 0 Å². The fourth-order valence-corrected chi connectivity index (χ4v) is 1.96. The number of aromatic hydroxyl groups is 1. The highest BCUT2D eigenvalue weighted by atomic mass is 16.5. The third kappa shape index (κ3) is 2.64. The Balaban J connectivity index is 1.79. The van der Waals surface area contributed by atoms with Gasteiger partial charge in [0.05, 0.1) is 18.2 Å². The maximum absolute atomic E-state index is 9.89. The quantitative estimate of drug-likeness (QED) is 0.761. The van der Waals surface area contributed by atoms with Crippen LogP contribution in [0.25, 0.3) is 11.3 Å². The molecule has 0 atom stereocenters. The van der Waals surface area contributed by atoms with Crippen molar-refractivity contribution in [3.8, 4) is 22.8 Å². The molecule has 0 aliphatic heterocycles. The van der Waals surface area contributed by atoms with Gasteiger partial charge in [0.15, 0.2) is 0 Å². The van der Waals surface area contributed by atoms with Crippen molar-refractivity contribution in [2.45, 2.75) is 6.61 Å². The van der Waals surface area contributed by atoms with E-state index in [0.29, 0.717) is 17.9 Å². The Kier molecular flexibility index (Phi) is 3.37. The van der Waals surface area contributed by atoms with E-state index < -0.39 is 0 Å². The van der Waals surface area contributed by atoms with Gasteiger partial charge in [-0.25, -0.2) is 4.98 Å². The molecule has 3 rings (SSSR count). The Hall–Kier alpha value is -2.75. The highest BCUT2D eigenvalue weighted by Crippen LogP contribution is 2.31. The number of nitrogens with one attached hydrogen (secondary N) is 1. The van der Waals surface area contributed by atoms with Crippen LogP contribution in [0.1, 0.15) is 5.56 Å². The predicted molar refractivity (Wildman–Crippen MR) is 76.5 cm³/mol. The van der Waals surface area contributed by atoms with Crippen molar-refractivity contribution in [1.82, 2.24) is 9.97 Å². The summed E-state index contributed by atoms with van der Waals surface area (Å²) in [5.74, 6) is 0.901. The number of rotatable bonds is 4. The summed E-state index contributed by atoms with van der Waals surface area (Å²) in [7, 11) is 0. The molecule has 100 valence electrons. The van der Waals surface area contributed by atoms with E-state index in [0.717, 1.165) is 11.3 Å². The van der Waals surface area contributed by atoms with Crippen LogP contribution in [0.15, 0.2) is 61.1 Å². The number of ether oxygens (including phenoxy) is 1. The van der Waals surface area contributed by atoms with Crippen molar-refractivity contribution in [3.63, 3.8) is 0 Å². The summed E-state index contributed by atoms with van der Waals surface area (Å²) < 4.78 is 5.74. The standard InChI is InChI=1S/C16H14N2O2/c19-16-7-6-13(8-14(16)15-9-17-11-18-15)20-10-12-4-2-1-3-5-12/h1-9,11,19H,10H2,(H,17,18). The number of nitrogens with zero attached hydrogens (tertiary/aromatic N) is 1. The zero-order valence-electron chi connectivity index (χ0n) is 10.8. The summed E-state index contributed by atoms with van der Waals surface area (Å²) in [5, 5.41) is 9.89. The molecule has 0 spiro atoms. The fourth-order valence-electron chi connectivity index (χ4n) is 1.96. The van der Waals surface area contributed by atoms with Crippen LogP contribution < -0.4 is 4.74 Å². The molecule has 0 aliphatic rings. The van der Waals surface area contributed by atoms with Crippen molar-refractivity contribution in [1.29, 1.82) is 0 Å². The highest BCUT2D eigenvalue weighted by Gasteiger charge is 2.07. The van der Waals surface area contributed by atoms with Crippen molar-refractivity contribution in [2.75, 3.05) is 0 Å². The zero-order valence-corrected chi connectivity index (χ0v) is 10.8. The minimum atomic E-state index is 0.196. The van der Waals surface area contributed by atoms with Gasteiger partial charge >= 0.3 is 0 Å². The number of aromatic nitrogens is 2. The molecule has 0 unspecified atom stereocenters. The first-order valence-electron chi connectivity index (χ1n) is 6.31. The smallest absolute Gasteiger partial charge is 0.125 e. The number of hydrogen-bond donors (Lipinski definition) is 2. The van der Waals surface area contributed by atoms with Crippen molar-refractivity contribution in [3.05, 3.63) is 66.6 Å². The van der Waals surface area contributed by atoms with Gasteiger partial charge in [-0.3, -0.25) is 0 Å². The Bertz CT molecular complexity index is 679. The fraction of sp³-hybridized carbons (Fsp3) is 0.0625. The van der Waals surface area contributed by atoms with Crippen LogP contribution in [0.3, 0.4) is 0 Å². The second kappa shape index (κ2) is 5.48. The van der Waals surface area contributed by atoms with E-state index in [-0.39, 0.29) is 5.75 Å². The topological polar surface area (TPSA) is 58.1 Å². The molecule has 0 saturated heterocycles. The van der Waals surface area contributed by atoms with E-state index in [4.69, 9.17) is 4.74 Å². The van der Waals surface area contributed by atoms with Crippen LogP contribution in [0.2, 0.25) is 0 Å². The lowest BCUT2D eigenvalue weighted by Gasteiger charge is -2.09. The number of benzene rings is 2. The van der Waals surface area contributed by atoms with Crippen molar-refractivity contribution < 1.29 is 9.84 Å². The van der Waals surface area contributed by atoms with E-state index in [9.17, 15) is 5.11 Å².